The van der Waals surface area contributed by atoms with Crippen molar-refractivity contribution in [3.8, 4) is 0 Å². The molecule has 0 bridgehead atoms. The summed E-state index contributed by atoms with van der Waals surface area (Å²) >= 11 is 6.36. The third-order valence-electron chi connectivity index (χ3n) is 5.12. The predicted molar refractivity (Wildman–Crippen MR) is 108 cm³/mol. The van der Waals surface area contributed by atoms with E-state index in [9.17, 15) is 14.7 Å². The van der Waals surface area contributed by atoms with Crippen molar-refractivity contribution in [2.24, 2.45) is 0 Å². The fourth-order valence-corrected chi connectivity index (χ4v) is 3.63. The molecule has 0 aliphatic rings. The summed E-state index contributed by atoms with van der Waals surface area (Å²) in [5.41, 5.74) is 0.839. The number of para-hydroxylation sites is 1. The van der Waals surface area contributed by atoms with Gasteiger partial charge in [-0.1, -0.05) is 36.7 Å². The number of fused-ring (bicyclic) bond motifs is 1. The molecule has 1 unspecified atom stereocenters. The number of pyridine rings is 2. The lowest BCUT2D eigenvalue weighted by Crippen LogP contribution is -2.31. The Bertz CT molecular complexity index is 1110. The highest BCUT2D eigenvalue weighted by atomic mass is 35.5. The van der Waals surface area contributed by atoms with Crippen molar-refractivity contribution >= 4 is 28.5 Å². The molecule has 2 aromatic heterocycles. The molecule has 28 heavy (non-hydrogen) atoms. The lowest BCUT2D eigenvalue weighted by molar-refractivity contribution is -0.143. The first-order chi connectivity index (χ1) is 13.2. The quantitative estimate of drug-likeness (QED) is 0.618. The highest BCUT2D eigenvalue weighted by molar-refractivity contribution is 6.30. The zero-order chi connectivity index (χ0) is 20.5. The maximum atomic E-state index is 12.6. The van der Waals surface area contributed by atoms with Gasteiger partial charge in [-0.25, -0.2) is 4.98 Å². The van der Waals surface area contributed by atoms with Crippen LogP contribution in [0.2, 0.25) is 5.15 Å². The van der Waals surface area contributed by atoms with Crippen molar-refractivity contribution in [1.82, 2.24) is 9.55 Å². The van der Waals surface area contributed by atoms with Crippen LogP contribution in [0.1, 0.15) is 36.5 Å². The first-order valence-electron chi connectivity index (χ1n) is 8.94. The molecule has 0 amide bonds. The molecular formula is C21H21ClN2O4. The monoisotopic (exact) mass is 400 g/mol. The summed E-state index contributed by atoms with van der Waals surface area (Å²) < 4.78 is 1.46. The number of carboxylic acid groups (broad SMARTS) is 1. The normalized spacial score (nSPS) is 13.4. The van der Waals surface area contributed by atoms with Gasteiger partial charge >= 0.3 is 5.97 Å². The van der Waals surface area contributed by atoms with Gasteiger partial charge in [0.2, 0.25) is 0 Å². The minimum atomic E-state index is -1.58. The fraction of sp³-hybridized carbons (Fsp3) is 0.286. The van der Waals surface area contributed by atoms with Gasteiger partial charge in [0.05, 0.1) is 18.5 Å². The molecule has 0 fully saturated rings. The molecule has 146 valence electrons. The molecular weight excluding hydrogens is 380 g/mol. The van der Waals surface area contributed by atoms with Crippen LogP contribution in [-0.4, -0.2) is 25.7 Å². The van der Waals surface area contributed by atoms with E-state index in [4.69, 9.17) is 16.7 Å². The van der Waals surface area contributed by atoms with Gasteiger partial charge in [0.25, 0.3) is 5.56 Å². The Morgan fingerprint density at radius 2 is 2.00 bits per heavy atom. The molecule has 3 aromatic rings. The summed E-state index contributed by atoms with van der Waals surface area (Å²) in [6, 6.07) is 10.5. The average molecular weight is 401 g/mol. The van der Waals surface area contributed by atoms with Crippen LogP contribution < -0.4 is 5.56 Å². The van der Waals surface area contributed by atoms with Crippen LogP contribution in [0.4, 0.5) is 0 Å². The number of halogens is 1. The van der Waals surface area contributed by atoms with E-state index in [1.807, 2.05) is 31.2 Å². The van der Waals surface area contributed by atoms with Crippen molar-refractivity contribution in [3.63, 3.8) is 0 Å². The number of rotatable bonds is 6. The Morgan fingerprint density at radius 1 is 1.29 bits per heavy atom. The third kappa shape index (κ3) is 3.79. The van der Waals surface area contributed by atoms with Crippen LogP contribution in [0.3, 0.4) is 0 Å². The van der Waals surface area contributed by atoms with Crippen LogP contribution in [-0.2, 0) is 16.9 Å². The molecule has 0 aliphatic carbocycles. The Balaban J connectivity index is 2.00. The van der Waals surface area contributed by atoms with Crippen molar-refractivity contribution in [3.05, 3.63) is 74.8 Å². The molecule has 3 rings (SSSR count). The number of hydrogen-bond acceptors (Lipinski definition) is 4. The lowest BCUT2D eigenvalue weighted by Gasteiger charge is -2.25. The van der Waals surface area contributed by atoms with Gasteiger partial charge < -0.3 is 14.8 Å². The van der Waals surface area contributed by atoms with E-state index in [1.54, 1.807) is 19.2 Å². The maximum absolute atomic E-state index is 12.6. The van der Waals surface area contributed by atoms with E-state index in [1.165, 1.54) is 10.6 Å². The molecule has 6 nitrogen and oxygen atoms in total. The second-order valence-electron chi connectivity index (χ2n) is 6.86. The van der Waals surface area contributed by atoms with Crippen molar-refractivity contribution in [2.45, 2.75) is 38.8 Å². The molecule has 0 aliphatic heterocycles. The number of aryl methyl sites for hydroxylation is 1. The van der Waals surface area contributed by atoms with Crippen molar-refractivity contribution < 1.29 is 15.0 Å². The molecule has 1 aromatic carbocycles. The fourth-order valence-electron chi connectivity index (χ4n) is 3.34. The van der Waals surface area contributed by atoms with Gasteiger partial charge in [-0.3, -0.25) is 9.59 Å². The Morgan fingerprint density at radius 3 is 2.64 bits per heavy atom. The molecule has 1 atom stereocenters. The smallest absolute Gasteiger partial charge is 0.306 e. The summed E-state index contributed by atoms with van der Waals surface area (Å²) in [4.78, 5) is 28.1. The van der Waals surface area contributed by atoms with E-state index in [-0.39, 0.29) is 24.1 Å². The van der Waals surface area contributed by atoms with Crippen LogP contribution in [0.15, 0.2) is 47.4 Å². The Hall–Kier alpha value is -2.70. The van der Waals surface area contributed by atoms with Crippen LogP contribution in [0, 0.1) is 6.92 Å². The molecule has 2 N–H and O–H groups in total. The average Bonchev–Trinajstić information content (AvgIpc) is 2.65. The zero-order valence-corrected chi connectivity index (χ0v) is 16.4. The number of carbonyl (C=O) groups is 1. The van der Waals surface area contributed by atoms with Gasteiger partial charge in [0, 0.05) is 23.2 Å². The van der Waals surface area contributed by atoms with Gasteiger partial charge in [0.15, 0.2) is 0 Å². The van der Waals surface area contributed by atoms with Gasteiger partial charge in [-0.15, -0.1) is 0 Å². The topological polar surface area (TPSA) is 92.4 Å². The second kappa shape index (κ2) is 7.73. The number of aliphatic carboxylic acids is 1. The summed E-state index contributed by atoms with van der Waals surface area (Å²) in [6.07, 6.45) is 1.26. The standard InChI is InChI=1S/C21H21ClN2O4/c1-3-21(28,11-19(26)27)14-8-9-24(18(25)10-14)12-16-13(2)15-6-4-5-7-17(15)23-20(16)22/h4-10,28H,3,11-12H2,1-2H3,(H,26,27). The molecule has 2 heterocycles. The largest absolute Gasteiger partial charge is 0.481 e. The van der Waals surface area contributed by atoms with Crippen molar-refractivity contribution in [1.29, 1.82) is 0 Å². The number of aliphatic hydroxyl groups is 1. The van der Waals surface area contributed by atoms with Gasteiger partial charge in [0.1, 0.15) is 10.8 Å². The zero-order valence-electron chi connectivity index (χ0n) is 15.6. The molecule has 0 saturated heterocycles. The van der Waals surface area contributed by atoms with E-state index in [0.29, 0.717) is 5.15 Å². The van der Waals surface area contributed by atoms with Crippen molar-refractivity contribution in [2.75, 3.05) is 0 Å². The molecule has 7 heteroatoms. The van der Waals surface area contributed by atoms with Gasteiger partial charge in [-0.2, -0.15) is 0 Å². The summed E-state index contributed by atoms with van der Waals surface area (Å²) in [5, 5.41) is 21.0. The highest BCUT2D eigenvalue weighted by Crippen LogP contribution is 2.29. The molecule has 0 radical (unpaired) electrons. The number of benzene rings is 1. The SMILES string of the molecule is CCC(O)(CC(=O)O)c1ccn(Cc2c(Cl)nc3ccccc3c2C)c(=O)c1. The number of hydrogen-bond donors (Lipinski definition) is 2. The number of aromatic nitrogens is 2. The van der Waals surface area contributed by atoms with Crippen LogP contribution in [0.5, 0.6) is 0 Å². The summed E-state index contributed by atoms with van der Waals surface area (Å²) in [6.45, 7) is 3.84. The Labute approximate surface area is 167 Å². The molecule has 0 spiro atoms. The minimum Gasteiger partial charge on any atom is -0.481 e. The second-order valence-corrected chi connectivity index (χ2v) is 7.22. The van der Waals surface area contributed by atoms with Crippen LogP contribution >= 0.6 is 11.6 Å². The number of carboxylic acids is 1. The summed E-state index contributed by atoms with van der Waals surface area (Å²) in [7, 11) is 0. The third-order valence-corrected chi connectivity index (χ3v) is 5.43. The van der Waals surface area contributed by atoms with Crippen LogP contribution in [0.25, 0.3) is 10.9 Å². The van der Waals surface area contributed by atoms with E-state index in [2.05, 4.69) is 4.98 Å². The van der Waals surface area contributed by atoms with E-state index in [0.717, 1.165) is 22.0 Å². The highest BCUT2D eigenvalue weighted by Gasteiger charge is 2.30. The van der Waals surface area contributed by atoms with E-state index >= 15 is 0 Å². The maximum Gasteiger partial charge on any atom is 0.306 e. The number of nitrogens with zero attached hydrogens (tertiary/aromatic N) is 2. The minimum absolute atomic E-state index is 0.183. The Kier molecular flexibility index (Phi) is 5.54. The summed E-state index contributed by atoms with van der Waals surface area (Å²) in [5.74, 6) is -1.13. The first kappa shape index (κ1) is 20.0. The lowest BCUT2D eigenvalue weighted by atomic mass is 9.88. The van der Waals surface area contributed by atoms with E-state index < -0.39 is 18.0 Å². The first-order valence-corrected chi connectivity index (χ1v) is 9.32. The van der Waals surface area contributed by atoms with Gasteiger partial charge in [-0.05, 0) is 36.6 Å². The molecule has 0 saturated carbocycles. The predicted octanol–water partition coefficient (Wildman–Crippen LogP) is 3.48.